The largest absolute Gasteiger partial charge is 0.461 e. The molecule has 5 nitrogen and oxygen atoms in total. The van der Waals surface area contributed by atoms with Gasteiger partial charge in [-0.25, -0.2) is 9.18 Å². The van der Waals surface area contributed by atoms with Crippen molar-refractivity contribution in [3.8, 4) is 11.3 Å². The molecule has 1 aromatic carbocycles. The van der Waals surface area contributed by atoms with Crippen molar-refractivity contribution in [3.63, 3.8) is 0 Å². The first kappa shape index (κ1) is 14.9. The first-order valence-corrected chi connectivity index (χ1v) is 6.37. The van der Waals surface area contributed by atoms with Gasteiger partial charge in [0.05, 0.1) is 18.8 Å². The van der Waals surface area contributed by atoms with Crippen LogP contribution in [0.15, 0.2) is 34.9 Å². The quantitative estimate of drug-likeness (QED) is 0.857. The SMILES string of the molecule is CCOC(=O)c1cc(-c2cc(/C=C/CO)ccc2F)on1. The van der Waals surface area contributed by atoms with E-state index < -0.39 is 11.8 Å². The van der Waals surface area contributed by atoms with Crippen LogP contribution in [0.1, 0.15) is 23.0 Å². The highest BCUT2D eigenvalue weighted by Crippen LogP contribution is 2.25. The number of aliphatic hydroxyl groups excluding tert-OH is 1. The Hall–Kier alpha value is -2.47. The van der Waals surface area contributed by atoms with E-state index in [9.17, 15) is 9.18 Å². The number of nitrogens with zero attached hydrogens (tertiary/aromatic N) is 1. The second-order valence-electron chi connectivity index (χ2n) is 4.12. The molecule has 0 aliphatic heterocycles. The molecule has 1 N–H and O–H groups in total. The minimum absolute atomic E-state index is 0.0115. The van der Waals surface area contributed by atoms with Crippen molar-refractivity contribution in [3.05, 3.63) is 47.4 Å². The summed E-state index contributed by atoms with van der Waals surface area (Å²) in [6, 6.07) is 5.71. The average Bonchev–Trinajstić information content (AvgIpc) is 2.96. The normalized spacial score (nSPS) is 11.0. The predicted octanol–water partition coefficient (Wildman–Crippen LogP) is 2.66. The van der Waals surface area contributed by atoms with Gasteiger partial charge in [0.15, 0.2) is 11.5 Å². The van der Waals surface area contributed by atoms with E-state index in [1.807, 2.05) is 0 Å². The molecule has 0 spiro atoms. The van der Waals surface area contributed by atoms with E-state index in [2.05, 4.69) is 5.16 Å². The Bertz CT molecular complexity index is 663. The van der Waals surface area contributed by atoms with Crippen LogP contribution in [0.4, 0.5) is 4.39 Å². The van der Waals surface area contributed by atoms with Gasteiger partial charge in [-0.15, -0.1) is 0 Å². The van der Waals surface area contributed by atoms with Gasteiger partial charge in [-0.3, -0.25) is 0 Å². The van der Waals surface area contributed by atoms with Crippen molar-refractivity contribution >= 4 is 12.0 Å². The zero-order valence-corrected chi connectivity index (χ0v) is 11.4. The molecule has 0 aliphatic carbocycles. The number of ether oxygens (including phenoxy) is 1. The molecule has 0 saturated carbocycles. The van der Waals surface area contributed by atoms with E-state index in [1.165, 1.54) is 24.3 Å². The van der Waals surface area contributed by atoms with E-state index in [0.29, 0.717) is 5.56 Å². The molecular weight excluding hydrogens is 277 g/mol. The first-order valence-electron chi connectivity index (χ1n) is 6.37. The lowest BCUT2D eigenvalue weighted by Crippen LogP contribution is -2.04. The maximum Gasteiger partial charge on any atom is 0.360 e. The van der Waals surface area contributed by atoms with Gasteiger partial charge in [0, 0.05) is 6.07 Å². The Kier molecular flexibility index (Phi) is 4.84. The Morgan fingerprint density at radius 1 is 1.48 bits per heavy atom. The maximum absolute atomic E-state index is 13.9. The third kappa shape index (κ3) is 3.55. The van der Waals surface area contributed by atoms with E-state index in [1.54, 1.807) is 19.1 Å². The molecule has 1 heterocycles. The molecule has 0 fully saturated rings. The third-order valence-electron chi connectivity index (χ3n) is 2.67. The Balaban J connectivity index is 2.33. The number of hydrogen-bond donors (Lipinski definition) is 1. The number of hydrogen-bond acceptors (Lipinski definition) is 5. The molecule has 110 valence electrons. The van der Waals surface area contributed by atoms with Crippen molar-refractivity contribution in [2.24, 2.45) is 0 Å². The summed E-state index contributed by atoms with van der Waals surface area (Å²) in [6.45, 7) is 1.79. The van der Waals surface area contributed by atoms with Crippen molar-refractivity contribution in [1.29, 1.82) is 0 Å². The van der Waals surface area contributed by atoms with Crippen LogP contribution in [-0.4, -0.2) is 29.4 Å². The molecule has 2 aromatic rings. The smallest absolute Gasteiger partial charge is 0.360 e. The predicted molar refractivity (Wildman–Crippen MR) is 74.0 cm³/mol. The molecule has 21 heavy (non-hydrogen) atoms. The van der Waals surface area contributed by atoms with Gasteiger partial charge in [-0.05, 0) is 24.6 Å². The number of halogens is 1. The van der Waals surface area contributed by atoms with Crippen LogP contribution in [0.5, 0.6) is 0 Å². The van der Waals surface area contributed by atoms with Crippen LogP contribution in [0.2, 0.25) is 0 Å². The summed E-state index contributed by atoms with van der Waals surface area (Å²) >= 11 is 0. The lowest BCUT2D eigenvalue weighted by molar-refractivity contribution is 0.0514. The van der Waals surface area contributed by atoms with Gasteiger partial charge in [0.25, 0.3) is 0 Å². The zero-order valence-electron chi connectivity index (χ0n) is 11.4. The zero-order chi connectivity index (χ0) is 15.2. The molecule has 0 saturated heterocycles. The second kappa shape index (κ2) is 6.81. The maximum atomic E-state index is 13.9. The Morgan fingerprint density at radius 2 is 2.29 bits per heavy atom. The fourth-order valence-corrected chi connectivity index (χ4v) is 1.73. The Morgan fingerprint density at radius 3 is 3.00 bits per heavy atom. The molecule has 6 heteroatoms. The van der Waals surface area contributed by atoms with Gasteiger partial charge < -0.3 is 14.4 Å². The van der Waals surface area contributed by atoms with Crippen LogP contribution < -0.4 is 0 Å². The highest BCUT2D eigenvalue weighted by Gasteiger charge is 2.17. The molecule has 0 amide bonds. The van der Waals surface area contributed by atoms with Gasteiger partial charge in [-0.2, -0.15) is 0 Å². The van der Waals surface area contributed by atoms with E-state index in [4.69, 9.17) is 14.4 Å². The summed E-state index contributed by atoms with van der Waals surface area (Å²) in [6.07, 6.45) is 3.17. The molecule has 0 bridgehead atoms. The molecule has 0 unspecified atom stereocenters. The molecule has 2 rings (SSSR count). The highest BCUT2D eigenvalue weighted by molar-refractivity contribution is 5.88. The monoisotopic (exact) mass is 291 g/mol. The topological polar surface area (TPSA) is 72.6 Å². The van der Waals surface area contributed by atoms with Gasteiger partial charge in [0.2, 0.25) is 0 Å². The molecule has 0 radical (unpaired) electrons. The van der Waals surface area contributed by atoms with Crippen molar-refractivity contribution in [2.75, 3.05) is 13.2 Å². The lowest BCUT2D eigenvalue weighted by Gasteiger charge is -2.00. The Labute approximate surface area is 120 Å². The number of esters is 1. The lowest BCUT2D eigenvalue weighted by atomic mass is 10.1. The summed E-state index contributed by atoms with van der Waals surface area (Å²) in [4.78, 5) is 11.5. The van der Waals surface area contributed by atoms with E-state index in [-0.39, 0.29) is 30.2 Å². The molecule has 0 atom stereocenters. The summed E-state index contributed by atoms with van der Waals surface area (Å²) < 4.78 is 23.6. The summed E-state index contributed by atoms with van der Waals surface area (Å²) in [5.41, 5.74) is 0.857. The third-order valence-corrected chi connectivity index (χ3v) is 2.67. The van der Waals surface area contributed by atoms with Crippen LogP contribution in [0.25, 0.3) is 17.4 Å². The minimum Gasteiger partial charge on any atom is -0.461 e. The second-order valence-corrected chi connectivity index (χ2v) is 4.12. The molecular formula is C15H14FNO4. The molecule has 1 aromatic heterocycles. The van der Waals surface area contributed by atoms with Crippen molar-refractivity contribution in [1.82, 2.24) is 5.16 Å². The van der Waals surface area contributed by atoms with Crippen LogP contribution in [-0.2, 0) is 4.74 Å². The number of aliphatic hydroxyl groups is 1. The fourth-order valence-electron chi connectivity index (χ4n) is 1.73. The first-order chi connectivity index (χ1) is 10.2. The standard InChI is InChI=1S/C15H14FNO4/c1-2-20-15(19)13-9-14(21-17-13)11-8-10(4-3-7-18)5-6-12(11)16/h3-6,8-9,18H,2,7H2,1H3/b4-3+. The number of aromatic nitrogens is 1. The number of carbonyl (C=O) groups is 1. The summed E-state index contributed by atoms with van der Waals surface area (Å²) in [5, 5.41) is 12.3. The number of carbonyl (C=O) groups excluding carboxylic acids is 1. The average molecular weight is 291 g/mol. The van der Waals surface area contributed by atoms with Crippen molar-refractivity contribution in [2.45, 2.75) is 6.92 Å². The van der Waals surface area contributed by atoms with E-state index >= 15 is 0 Å². The van der Waals surface area contributed by atoms with Gasteiger partial charge in [0.1, 0.15) is 5.82 Å². The number of benzene rings is 1. The van der Waals surface area contributed by atoms with Crippen LogP contribution >= 0.6 is 0 Å². The summed E-state index contributed by atoms with van der Waals surface area (Å²) in [5.74, 6) is -0.984. The highest BCUT2D eigenvalue weighted by atomic mass is 19.1. The minimum atomic E-state index is -0.621. The van der Waals surface area contributed by atoms with E-state index in [0.717, 1.165) is 0 Å². The van der Waals surface area contributed by atoms with Gasteiger partial charge in [-0.1, -0.05) is 23.4 Å². The fraction of sp³-hybridized carbons (Fsp3) is 0.200. The van der Waals surface area contributed by atoms with Crippen LogP contribution in [0.3, 0.4) is 0 Å². The van der Waals surface area contributed by atoms with Crippen molar-refractivity contribution < 1.29 is 23.6 Å². The molecule has 0 aliphatic rings. The van der Waals surface area contributed by atoms with Crippen LogP contribution in [0, 0.1) is 5.82 Å². The summed E-state index contributed by atoms with van der Waals surface area (Å²) in [7, 11) is 0. The van der Waals surface area contributed by atoms with Gasteiger partial charge >= 0.3 is 5.97 Å². The number of rotatable bonds is 5.